The average Bonchev–Trinajstić information content (AvgIpc) is 2.15. The smallest absolute Gasteiger partial charge is 0.0604 e. The first-order chi connectivity index (χ1) is 6.27. The fourth-order valence-electron chi connectivity index (χ4n) is 1.02. The Balaban J connectivity index is 2.71. The van der Waals surface area contributed by atoms with Gasteiger partial charge >= 0.3 is 0 Å². The first-order valence-electron chi connectivity index (χ1n) is 4.11. The lowest BCUT2D eigenvalue weighted by atomic mass is 10.2. The van der Waals surface area contributed by atoms with Crippen molar-refractivity contribution in [1.29, 1.82) is 0 Å². The van der Waals surface area contributed by atoms with Crippen LogP contribution in [0.5, 0.6) is 0 Å². The fourth-order valence-corrected chi connectivity index (χ4v) is 1.56. The Bertz CT molecular complexity index is 278. The van der Waals surface area contributed by atoms with Crippen LogP contribution in [-0.4, -0.2) is 18.3 Å². The Labute approximate surface area is 86.1 Å². The van der Waals surface area contributed by atoms with Gasteiger partial charge in [0.05, 0.1) is 6.61 Å². The predicted octanol–water partition coefficient (Wildman–Crippen LogP) is 1.31. The van der Waals surface area contributed by atoms with Crippen molar-refractivity contribution < 1.29 is 5.11 Å². The summed E-state index contributed by atoms with van der Waals surface area (Å²) in [5.74, 6) is 0. The third-order valence-electron chi connectivity index (χ3n) is 1.71. The molecule has 3 nitrogen and oxygen atoms in total. The number of halogens is 1. The van der Waals surface area contributed by atoms with Crippen LogP contribution < -0.4 is 11.1 Å². The van der Waals surface area contributed by atoms with Crippen LogP contribution in [0, 0.1) is 0 Å². The highest BCUT2D eigenvalue weighted by Gasteiger charge is 1.98. The summed E-state index contributed by atoms with van der Waals surface area (Å²) < 4.78 is 0.998. The summed E-state index contributed by atoms with van der Waals surface area (Å²) in [5, 5.41) is 11.7. The lowest BCUT2D eigenvalue weighted by Gasteiger charge is -2.07. The van der Waals surface area contributed by atoms with Crippen molar-refractivity contribution in [1.82, 2.24) is 0 Å². The zero-order chi connectivity index (χ0) is 9.68. The second-order valence-electron chi connectivity index (χ2n) is 2.66. The first-order valence-corrected chi connectivity index (χ1v) is 4.90. The molecule has 0 unspecified atom stereocenters. The Morgan fingerprint density at radius 1 is 1.46 bits per heavy atom. The number of hydrogen-bond acceptors (Lipinski definition) is 3. The van der Waals surface area contributed by atoms with Gasteiger partial charge in [0.2, 0.25) is 0 Å². The van der Waals surface area contributed by atoms with Crippen LogP contribution in [0.1, 0.15) is 5.56 Å². The third kappa shape index (κ3) is 2.99. The predicted molar refractivity (Wildman–Crippen MR) is 57.6 cm³/mol. The monoisotopic (exact) mass is 244 g/mol. The summed E-state index contributed by atoms with van der Waals surface area (Å²) in [6.07, 6.45) is 0. The number of aliphatic hydroxyl groups excluding tert-OH is 1. The molecule has 0 saturated heterocycles. The molecular weight excluding hydrogens is 232 g/mol. The van der Waals surface area contributed by atoms with Crippen molar-refractivity contribution in [3.8, 4) is 0 Å². The molecule has 1 aromatic rings. The van der Waals surface area contributed by atoms with Crippen LogP contribution in [0.25, 0.3) is 0 Å². The highest BCUT2D eigenvalue weighted by atomic mass is 79.9. The lowest BCUT2D eigenvalue weighted by Crippen LogP contribution is -2.06. The molecule has 0 amide bonds. The van der Waals surface area contributed by atoms with Crippen LogP contribution in [-0.2, 0) is 6.54 Å². The second-order valence-corrected chi connectivity index (χ2v) is 3.52. The molecule has 0 spiro atoms. The van der Waals surface area contributed by atoms with Gasteiger partial charge in [-0.15, -0.1) is 0 Å². The summed E-state index contributed by atoms with van der Waals surface area (Å²) in [6.45, 7) is 1.23. The van der Waals surface area contributed by atoms with Crippen molar-refractivity contribution >= 4 is 21.6 Å². The number of benzene rings is 1. The van der Waals surface area contributed by atoms with Gasteiger partial charge in [-0.25, -0.2) is 0 Å². The first kappa shape index (κ1) is 10.5. The Morgan fingerprint density at radius 2 is 2.23 bits per heavy atom. The van der Waals surface area contributed by atoms with Crippen molar-refractivity contribution in [2.75, 3.05) is 18.5 Å². The second kappa shape index (κ2) is 5.21. The molecule has 0 heterocycles. The molecule has 0 aliphatic carbocycles. The summed E-state index contributed by atoms with van der Waals surface area (Å²) in [4.78, 5) is 0. The van der Waals surface area contributed by atoms with E-state index in [0.717, 1.165) is 15.7 Å². The molecule has 0 bridgehead atoms. The van der Waals surface area contributed by atoms with Gasteiger partial charge in [0, 0.05) is 23.2 Å². The van der Waals surface area contributed by atoms with Gasteiger partial charge in [-0.2, -0.15) is 0 Å². The van der Waals surface area contributed by atoms with Crippen LogP contribution >= 0.6 is 15.9 Å². The molecule has 0 aromatic heterocycles. The Kier molecular flexibility index (Phi) is 4.21. The van der Waals surface area contributed by atoms with E-state index < -0.39 is 0 Å². The molecule has 1 rings (SSSR count). The summed E-state index contributed by atoms with van der Waals surface area (Å²) in [7, 11) is 0. The van der Waals surface area contributed by atoms with Crippen LogP contribution in [0.2, 0.25) is 0 Å². The normalized spacial score (nSPS) is 10.1. The van der Waals surface area contributed by atoms with E-state index in [4.69, 9.17) is 10.8 Å². The minimum Gasteiger partial charge on any atom is -0.395 e. The average molecular weight is 245 g/mol. The number of rotatable bonds is 4. The van der Waals surface area contributed by atoms with E-state index in [0.29, 0.717) is 13.1 Å². The molecule has 0 aliphatic rings. The van der Waals surface area contributed by atoms with Crippen molar-refractivity contribution in [2.24, 2.45) is 5.73 Å². The maximum absolute atomic E-state index is 8.60. The molecule has 1 aromatic carbocycles. The topological polar surface area (TPSA) is 58.3 Å². The van der Waals surface area contributed by atoms with E-state index in [-0.39, 0.29) is 6.61 Å². The van der Waals surface area contributed by atoms with Gasteiger partial charge in [-0.05, 0) is 17.7 Å². The molecule has 0 aliphatic heterocycles. The molecule has 13 heavy (non-hydrogen) atoms. The van der Waals surface area contributed by atoms with Crippen molar-refractivity contribution in [2.45, 2.75) is 6.54 Å². The summed E-state index contributed by atoms with van der Waals surface area (Å²) >= 11 is 3.42. The number of anilines is 1. The molecule has 0 fully saturated rings. The van der Waals surface area contributed by atoms with E-state index in [1.165, 1.54) is 0 Å². The molecule has 4 heteroatoms. The molecular formula is C9H13BrN2O. The molecule has 72 valence electrons. The van der Waals surface area contributed by atoms with E-state index in [1.807, 2.05) is 18.2 Å². The lowest BCUT2D eigenvalue weighted by molar-refractivity contribution is 0.311. The molecule has 0 atom stereocenters. The van der Waals surface area contributed by atoms with E-state index in [2.05, 4.69) is 21.2 Å². The van der Waals surface area contributed by atoms with E-state index >= 15 is 0 Å². The van der Waals surface area contributed by atoms with Crippen LogP contribution in [0.3, 0.4) is 0 Å². The van der Waals surface area contributed by atoms with Crippen molar-refractivity contribution in [3.63, 3.8) is 0 Å². The number of aliphatic hydroxyl groups is 1. The standard InChI is InChI=1S/C9H13BrN2O/c10-9-5-8(12-3-4-13)2-1-7(9)6-11/h1-2,5,12-13H,3-4,6,11H2. The largest absolute Gasteiger partial charge is 0.395 e. The summed E-state index contributed by atoms with van der Waals surface area (Å²) in [5.41, 5.74) is 7.57. The van der Waals surface area contributed by atoms with Gasteiger partial charge < -0.3 is 16.2 Å². The Morgan fingerprint density at radius 3 is 2.77 bits per heavy atom. The quantitative estimate of drug-likeness (QED) is 0.749. The van der Waals surface area contributed by atoms with E-state index in [1.54, 1.807) is 0 Å². The van der Waals surface area contributed by atoms with Crippen LogP contribution in [0.4, 0.5) is 5.69 Å². The SMILES string of the molecule is NCc1ccc(NCCO)cc1Br. The maximum Gasteiger partial charge on any atom is 0.0604 e. The van der Waals surface area contributed by atoms with Gasteiger partial charge in [0.15, 0.2) is 0 Å². The Hall–Kier alpha value is -0.580. The number of nitrogens with two attached hydrogens (primary N) is 1. The van der Waals surface area contributed by atoms with Gasteiger partial charge in [-0.1, -0.05) is 22.0 Å². The van der Waals surface area contributed by atoms with E-state index in [9.17, 15) is 0 Å². The van der Waals surface area contributed by atoms with Crippen molar-refractivity contribution in [3.05, 3.63) is 28.2 Å². The molecule has 0 saturated carbocycles. The van der Waals surface area contributed by atoms with Gasteiger partial charge in [-0.3, -0.25) is 0 Å². The summed E-state index contributed by atoms with van der Waals surface area (Å²) in [6, 6.07) is 5.87. The highest BCUT2D eigenvalue weighted by molar-refractivity contribution is 9.10. The van der Waals surface area contributed by atoms with Crippen LogP contribution in [0.15, 0.2) is 22.7 Å². The number of hydrogen-bond donors (Lipinski definition) is 3. The minimum absolute atomic E-state index is 0.135. The third-order valence-corrected chi connectivity index (χ3v) is 2.45. The molecule has 0 radical (unpaired) electrons. The minimum atomic E-state index is 0.135. The fraction of sp³-hybridized carbons (Fsp3) is 0.333. The zero-order valence-corrected chi connectivity index (χ0v) is 8.84. The zero-order valence-electron chi connectivity index (χ0n) is 7.26. The van der Waals surface area contributed by atoms with Gasteiger partial charge in [0.1, 0.15) is 0 Å². The molecule has 4 N–H and O–H groups in total. The highest BCUT2D eigenvalue weighted by Crippen LogP contribution is 2.20. The number of nitrogens with one attached hydrogen (secondary N) is 1. The maximum atomic E-state index is 8.60. The van der Waals surface area contributed by atoms with Gasteiger partial charge in [0.25, 0.3) is 0 Å².